The molecule has 5 heteroatoms. The van der Waals surface area contributed by atoms with E-state index in [1.807, 2.05) is 6.07 Å². The number of hydrogen-bond acceptors (Lipinski definition) is 3. The maximum absolute atomic E-state index is 11.7. The van der Waals surface area contributed by atoms with Crippen LogP contribution in [0.4, 0.5) is 0 Å². The molecule has 1 heterocycles. The summed E-state index contributed by atoms with van der Waals surface area (Å²) in [4.78, 5) is 11.7. The Hall–Kier alpha value is -1.07. The molecule has 0 fully saturated rings. The molecule has 25 heavy (non-hydrogen) atoms. The van der Waals surface area contributed by atoms with Gasteiger partial charge in [-0.25, -0.2) is 0 Å². The zero-order valence-corrected chi connectivity index (χ0v) is 17.9. The van der Waals surface area contributed by atoms with Gasteiger partial charge in [-0.2, -0.15) is 0 Å². The molecule has 1 amide bonds. The zero-order chi connectivity index (χ0) is 19.3. The minimum atomic E-state index is -1.77. The summed E-state index contributed by atoms with van der Waals surface area (Å²) in [5.41, 5.74) is 6.31. The van der Waals surface area contributed by atoms with Crippen LogP contribution in [0, 0.1) is 5.92 Å². The molecule has 1 aromatic heterocycles. The number of rotatable bonds is 10. The number of amides is 1. The fourth-order valence-electron chi connectivity index (χ4n) is 2.82. The summed E-state index contributed by atoms with van der Waals surface area (Å²) in [6.45, 7) is 13.4. The number of unbranched alkanes of at least 4 members (excludes halogenated alkanes) is 3. The fourth-order valence-corrected chi connectivity index (χ4v) is 4.44. The van der Waals surface area contributed by atoms with E-state index in [0.29, 0.717) is 6.42 Å². The van der Waals surface area contributed by atoms with Crippen LogP contribution >= 0.6 is 0 Å². The smallest absolute Gasteiger partial charge is 0.220 e. The Kier molecular flexibility index (Phi) is 7.94. The second kappa shape index (κ2) is 9.04. The second-order valence-electron chi connectivity index (χ2n) is 8.82. The van der Waals surface area contributed by atoms with E-state index in [-0.39, 0.29) is 16.9 Å². The van der Waals surface area contributed by atoms with Gasteiger partial charge >= 0.3 is 0 Å². The monoisotopic (exact) mass is 367 g/mol. The second-order valence-corrected chi connectivity index (χ2v) is 14.1. The van der Waals surface area contributed by atoms with Gasteiger partial charge < -0.3 is 15.3 Å². The van der Waals surface area contributed by atoms with Gasteiger partial charge in [0.2, 0.25) is 5.91 Å². The van der Waals surface area contributed by atoms with Crippen LogP contribution in [0.3, 0.4) is 0 Å². The van der Waals surface area contributed by atoms with Gasteiger partial charge in [-0.1, -0.05) is 66.5 Å². The lowest BCUT2D eigenvalue weighted by Gasteiger charge is -2.34. The number of carbonyl (C=O) groups is 1. The van der Waals surface area contributed by atoms with E-state index in [9.17, 15) is 9.90 Å². The van der Waals surface area contributed by atoms with Crippen LogP contribution in [0.2, 0.25) is 18.1 Å². The Morgan fingerprint density at radius 2 is 1.92 bits per heavy atom. The number of primary amides is 1. The molecule has 0 saturated carbocycles. The fraction of sp³-hybridized carbons (Fsp3) is 0.750. The molecule has 2 atom stereocenters. The Bertz CT molecular complexity index is 545. The zero-order valence-electron chi connectivity index (χ0n) is 16.9. The maximum atomic E-state index is 11.7. The highest BCUT2D eigenvalue weighted by molar-refractivity contribution is 6.91. The largest absolute Gasteiger partial charge is 0.474 e. The summed E-state index contributed by atoms with van der Waals surface area (Å²) in [7, 11) is -1.77. The van der Waals surface area contributed by atoms with Gasteiger partial charge in [-0.15, -0.1) is 0 Å². The molecule has 0 spiro atoms. The van der Waals surface area contributed by atoms with E-state index in [0.717, 1.165) is 36.6 Å². The molecule has 0 aliphatic heterocycles. The third-order valence-corrected chi connectivity index (χ3v) is 11.1. The van der Waals surface area contributed by atoms with Crippen molar-refractivity contribution in [2.45, 2.75) is 90.5 Å². The predicted octanol–water partition coefficient (Wildman–Crippen LogP) is 4.49. The summed E-state index contributed by atoms with van der Waals surface area (Å²) < 4.78 is 5.82. The van der Waals surface area contributed by atoms with Crippen LogP contribution in [0.5, 0.6) is 0 Å². The van der Waals surface area contributed by atoms with E-state index < -0.39 is 14.2 Å². The van der Waals surface area contributed by atoms with Crippen molar-refractivity contribution in [3.8, 4) is 0 Å². The molecule has 3 N–H and O–H groups in total. The Morgan fingerprint density at radius 3 is 2.44 bits per heavy atom. The number of hydrogen-bond donors (Lipinski definition) is 2. The van der Waals surface area contributed by atoms with Crippen molar-refractivity contribution in [1.29, 1.82) is 0 Å². The molecule has 1 rings (SSSR count). The molecule has 0 bridgehead atoms. The number of aliphatic hydroxyl groups excluding tert-OH is 1. The molecule has 0 aromatic carbocycles. The minimum absolute atomic E-state index is 0.169. The molecule has 0 saturated heterocycles. The Balaban J connectivity index is 2.76. The SMILES string of the molecule is CCCCCCC(CC(O)c1coc([Si](C)(C)C(C)(C)C)c1)C(N)=O. The van der Waals surface area contributed by atoms with Crippen molar-refractivity contribution < 1.29 is 14.3 Å². The van der Waals surface area contributed by atoms with Gasteiger partial charge in [0.25, 0.3) is 0 Å². The van der Waals surface area contributed by atoms with Crippen molar-refractivity contribution in [3.05, 3.63) is 17.9 Å². The number of aliphatic hydroxyl groups is 1. The van der Waals surface area contributed by atoms with Crippen molar-refractivity contribution in [2.24, 2.45) is 11.7 Å². The first kappa shape index (κ1) is 22.0. The topological polar surface area (TPSA) is 76.5 Å². The molecule has 0 aliphatic carbocycles. The first-order valence-electron chi connectivity index (χ1n) is 9.57. The highest BCUT2D eigenvalue weighted by Crippen LogP contribution is 2.36. The van der Waals surface area contributed by atoms with Gasteiger partial charge in [0.1, 0.15) is 8.07 Å². The van der Waals surface area contributed by atoms with Gasteiger partial charge in [0.05, 0.1) is 17.8 Å². The first-order valence-corrected chi connectivity index (χ1v) is 12.6. The highest BCUT2D eigenvalue weighted by atomic mass is 28.3. The number of carbonyl (C=O) groups excluding carboxylic acids is 1. The molecule has 144 valence electrons. The van der Waals surface area contributed by atoms with Crippen LogP contribution in [0.25, 0.3) is 0 Å². The minimum Gasteiger partial charge on any atom is -0.474 e. The lowest BCUT2D eigenvalue weighted by atomic mass is 9.92. The van der Waals surface area contributed by atoms with Crippen LogP contribution in [-0.2, 0) is 4.79 Å². The first-order chi connectivity index (χ1) is 11.5. The Morgan fingerprint density at radius 1 is 1.28 bits per heavy atom. The number of nitrogens with two attached hydrogens (primary N) is 1. The van der Waals surface area contributed by atoms with Gasteiger partial charge in [-0.05, 0) is 23.9 Å². The molecular weight excluding hydrogens is 330 g/mol. The van der Waals surface area contributed by atoms with Crippen molar-refractivity contribution in [3.63, 3.8) is 0 Å². The van der Waals surface area contributed by atoms with Crippen molar-refractivity contribution >= 4 is 19.4 Å². The van der Waals surface area contributed by atoms with E-state index in [2.05, 4.69) is 40.8 Å². The normalized spacial score (nSPS) is 15.2. The lowest BCUT2D eigenvalue weighted by molar-refractivity contribution is -0.123. The number of furan rings is 1. The van der Waals surface area contributed by atoms with Gasteiger partial charge in [0, 0.05) is 11.5 Å². The summed E-state index contributed by atoms with van der Waals surface area (Å²) >= 11 is 0. The van der Waals surface area contributed by atoms with Crippen molar-refractivity contribution in [2.75, 3.05) is 0 Å². The third-order valence-electron chi connectivity index (χ3n) is 5.81. The summed E-state index contributed by atoms with van der Waals surface area (Å²) in [6.07, 6.45) is 6.49. The van der Waals surface area contributed by atoms with Crippen LogP contribution < -0.4 is 11.1 Å². The highest BCUT2D eigenvalue weighted by Gasteiger charge is 2.40. The van der Waals surface area contributed by atoms with E-state index in [1.165, 1.54) is 6.42 Å². The van der Waals surface area contributed by atoms with Crippen LogP contribution in [0.1, 0.15) is 77.9 Å². The summed E-state index contributed by atoms with van der Waals surface area (Å²) in [6, 6.07) is 1.98. The summed E-state index contributed by atoms with van der Waals surface area (Å²) in [5, 5.41) is 11.7. The standard InChI is InChI=1S/C20H37NO3Si/c1-7-8-9-10-11-15(19(21)23)12-17(22)16-13-18(24-14-16)25(5,6)20(2,3)4/h13-15,17,22H,7-12H2,1-6H3,(H2,21,23). The summed E-state index contributed by atoms with van der Waals surface area (Å²) in [5.74, 6) is -0.596. The Labute approximate surface area is 154 Å². The molecule has 2 unspecified atom stereocenters. The molecule has 1 aromatic rings. The molecular formula is C20H37NO3Si. The van der Waals surface area contributed by atoms with E-state index in [4.69, 9.17) is 10.2 Å². The van der Waals surface area contributed by atoms with Crippen molar-refractivity contribution in [1.82, 2.24) is 0 Å². The molecule has 4 nitrogen and oxygen atoms in total. The van der Waals surface area contributed by atoms with Crippen LogP contribution in [0.15, 0.2) is 16.7 Å². The molecule has 0 radical (unpaired) electrons. The quantitative estimate of drug-likeness (QED) is 0.472. The van der Waals surface area contributed by atoms with E-state index in [1.54, 1.807) is 6.26 Å². The average Bonchev–Trinajstić information content (AvgIpc) is 2.99. The van der Waals surface area contributed by atoms with Gasteiger partial charge in [0.15, 0.2) is 0 Å². The molecule has 0 aliphatic rings. The average molecular weight is 368 g/mol. The third kappa shape index (κ3) is 5.99. The van der Waals surface area contributed by atoms with E-state index >= 15 is 0 Å². The van der Waals surface area contributed by atoms with Crippen LogP contribution in [-0.4, -0.2) is 19.1 Å². The van der Waals surface area contributed by atoms with Gasteiger partial charge in [-0.3, -0.25) is 4.79 Å². The maximum Gasteiger partial charge on any atom is 0.220 e. The predicted molar refractivity (Wildman–Crippen MR) is 107 cm³/mol. The lowest BCUT2D eigenvalue weighted by Crippen LogP contribution is -2.48.